The molecule has 27 heavy (non-hydrogen) atoms. The van der Waals surface area contributed by atoms with Crippen LogP contribution in [0.4, 0.5) is 0 Å². The number of aliphatic imine (C=N–C) groups is 1. The number of rotatable bonds is 5. The molecule has 0 aliphatic carbocycles. The molecular formula is C22H35N3OS. The molecule has 0 spiro atoms. The molecule has 4 nitrogen and oxygen atoms in total. The number of piperidine rings is 1. The van der Waals surface area contributed by atoms with E-state index in [1.807, 2.05) is 11.8 Å². The Balaban J connectivity index is 1.66. The van der Waals surface area contributed by atoms with Crippen molar-refractivity contribution in [2.75, 3.05) is 45.6 Å². The van der Waals surface area contributed by atoms with Crippen LogP contribution < -0.4 is 5.32 Å². The number of nitrogens with zero attached hydrogens (tertiary/aromatic N) is 2. The largest absolute Gasteiger partial charge is 0.381 e. The van der Waals surface area contributed by atoms with Crippen LogP contribution in [0.5, 0.6) is 0 Å². The molecule has 0 amide bonds. The fourth-order valence-corrected chi connectivity index (χ4v) is 5.12. The van der Waals surface area contributed by atoms with Crippen molar-refractivity contribution in [3.63, 3.8) is 0 Å². The Hall–Kier alpha value is -1.20. The highest BCUT2D eigenvalue weighted by molar-refractivity contribution is 8.00. The van der Waals surface area contributed by atoms with Gasteiger partial charge < -0.3 is 15.0 Å². The van der Waals surface area contributed by atoms with Gasteiger partial charge in [-0.2, -0.15) is 11.8 Å². The molecule has 1 aromatic carbocycles. The first-order valence-electron chi connectivity index (χ1n) is 10.4. The van der Waals surface area contributed by atoms with Crippen LogP contribution in [0.1, 0.15) is 44.6 Å². The van der Waals surface area contributed by atoms with Crippen LogP contribution in [0.3, 0.4) is 0 Å². The SMILES string of the molecule is CCNC(=NCC1(SC)CCOCC1)N1CCC(c2ccccc2)C(C)C1. The third kappa shape index (κ3) is 5.20. The maximum Gasteiger partial charge on any atom is 0.193 e. The van der Waals surface area contributed by atoms with Crippen LogP contribution in [0.15, 0.2) is 35.3 Å². The van der Waals surface area contributed by atoms with Gasteiger partial charge in [0, 0.05) is 37.6 Å². The van der Waals surface area contributed by atoms with Gasteiger partial charge in [-0.3, -0.25) is 4.99 Å². The summed E-state index contributed by atoms with van der Waals surface area (Å²) in [6.45, 7) is 10.2. The highest BCUT2D eigenvalue weighted by atomic mass is 32.2. The van der Waals surface area contributed by atoms with E-state index in [-0.39, 0.29) is 4.75 Å². The van der Waals surface area contributed by atoms with Crippen LogP contribution in [0.2, 0.25) is 0 Å². The maximum absolute atomic E-state index is 5.58. The third-order valence-corrected chi connectivity index (χ3v) is 7.52. The Bertz CT molecular complexity index is 601. The number of benzene rings is 1. The van der Waals surface area contributed by atoms with Gasteiger partial charge in [-0.25, -0.2) is 0 Å². The van der Waals surface area contributed by atoms with Crippen molar-refractivity contribution in [3.05, 3.63) is 35.9 Å². The van der Waals surface area contributed by atoms with E-state index in [1.54, 1.807) is 0 Å². The van der Waals surface area contributed by atoms with E-state index in [0.717, 1.165) is 58.2 Å². The summed E-state index contributed by atoms with van der Waals surface area (Å²) in [6.07, 6.45) is 5.62. The molecule has 0 aromatic heterocycles. The lowest BCUT2D eigenvalue weighted by Gasteiger charge is -2.40. The average Bonchev–Trinajstić information content (AvgIpc) is 2.72. The number of guanidine groups is 1. The normalized spacial score (nSPS) is 26.0. The minimum Gasteiger partial charge on any atom is -0.381 e. The fraction of sp³-hybridized carbons (Fsp3) is 0.682. The summed E-state index contributed by atoms with van der Waals surface area (Å²) in [6, 6.07) is 11.0. The molecule has 150 valence electrons. The number of nitrogens with one attached hydrogen (secondary N) is 1. The van der Waals surface area contributed by atoms with Crippen LogP contribution in [-0.2, 0) is 4.74 Å². The van der Waals surface area contributed by atoms with Crippen molar-refractivity contribution in [2.45, 2.75) is 43.8 Å². The molecule has 2 aliphatic heterocycles. The van der Waals surface area contributed by atoms with Crippen molar-refractivity contribution in [1.82, 2.24) is 10.2 Å². The Kier molecular flexibility index (Phi) is 7.48. The van der Waals surface area contributed by atoms with Gasteiger partial charge in [0.15, 0.2) is 5.96 Å². The third-order valence-electron chi connectivity index (χ3n) is 6.12. The zero-order chi connectivity index (χ0) is 19.1. The van der Waals surface area contributed by atoms with Gasteiger partial charge in [0.1, 0.15) is 0 Å². The molecule has 2 heterocycles. The monoisotopic (exact) mass is 389 g/mol. The van der Waals surface area contributed by atoms with Crippen LogP contribution in [-0.4, -0.2) is 61.3 Å². The predicted octanol–water partition coefficient (Wildman–Crippen LogP) is 3.99. The summed E-state index contributed by atoms with van der Waals surface area (Å²) in [5.74, 6) is 2.37. The number of likely N-dealkylation sites (tertiary alicyclic amines) is 1. The highest BCUT2D eigenvalue weighted by Crippen LogP contribution is 2.35. The van der Waals surface area contributed by atoms with Crippen molar-refractivity contribution in [2.24, 2.45) is 10.9 Å². The summed E-state index contributed by atoms with van der Waals surface area (Å²) >= 11 is 1.96. The van der Waals surface area contributed by atoms with Gasteiger partial charge in [0.25, 0.3) is 0 Å². The second-order valence-electron chi connectivity index (χ2n) is 7.90. The van der Waals surface area contributed by atoms with E-state index in [4.69, 9.17) is 9.73 Å². The topological polar surface area (TPSA) is 36.9 Å². The average molecular weight is 390 g/mol. The minimum atomic E-state index is 0.243. The molecule has 3 rings (SSSR count). The molecule has 0 saturated carbocycles. The molecule has 0 radical (unpaired) electrons. The van der Waals surface area contributed by atoms with Gasteiger partial charge in [0.2, 0.25) is 0 Å². The van der Waals surface area contributed by atoms with E-state index in [9.17, 15) is 0 Å². The predicted molar refractivity (Wildman–Crippen MR) is 117 cm³/mol. The van der Waals surface area contributed by atoms with E-state index in [2.05, 4.69) is 60.7 Å². The second-order valence-corrected chi connectivity index (χ2v) is 9.17. The molecule has 5 heteroatoms. The fourth-order valence-electron chi connectivity index (χ4n) is 4.35. The zero-order valence-corrected chi connectivity index (χ0v) is 17.9. The summed E-state index contributed by atoms with van der Waals surface area (Å²) in [5.41, 5.74) is 1.48. The van der Waals surface area contributed by atoms with Crippen molar-refractivity contribution in [3.8, 4) is 0 Å². The Morgan fingerprint density at radius 2 is 2.04 bits per heavy atom. The summed E-state index contributed by atoms with van der Waals surface area (Å²) in [5, 5.41) is 3.54. The number of thioether (sulfide) groups is 1. The van der Waals surface area contributed by atoms with E-state index >= 15 is 0 Å². The van der Waals surface area contributed by atoms with Gasteiger partial charge in [-0.05, 0) is 49.8 Å². The van der Waals surface area contributed by atoms with Gasteiger partial charge in [-0.1, -0.05) is 37.3 Å². The van der Waals surface area contributed by atoms with Gasteiger partial charge in [-0.15, -0.1) is 0 Å². The second kappa shape index (κ2) is 9.83. The van der Waals surface area contributed by atoms with E-state index < -0.39 is 0 Å². The molecule has 2 aliphatic rings. The molecule has 2 atom stereocenters. The Morgan fingerprint density at radius 3 is 2.67 bits per heavy atom. The quantitative estimate of drug-likeness (QED) is 0.610. The van der Waals surface area contributed by atoms with Crippen molar-refractivity contribution < 1.29 is 4.74 Å². The Morgan fingerprint density at radius 1 is 1.30 bits per heavy atom. The Labute approximate surface area is 169 Å². The van der Waals surface area contributed by atoms with Crippen LogP contribution in [0, 0.1) is 5.92 Å². The smallest absolute Gasteiger partial charge is 0.193 e. The lowest BCUT2D eigenvalue weighted by Crippen LogP contribution is -2.48. The number of ether oxygens (including phenoxy) is 1. The summed E-state index contributed by atoms with van der Waals surface area (Å²) < 4.78 is 5.82. The molecular weight excluding hydrogens is 354 g/mol. The molecule has 2 fully saturated rings. The minimum absolute atomic E-state index is 0.243. The van der Waals surface area contributed by atoms with Crippen molar-refractivity contribution >= 4 is 17.7 Å². The maximum atomic E-state index is 5.58. The summed E-state index contributed by atoms with van der Waals surface area (Å²) in [4.78, 5) is 7.56. The van der Waals surface area contributed by atoms with E-state index in [0.29, 0.717) is 11.8 Å². The van der Waals surface area contributed by atoms with Crippen LogP contribution in [0.25, 0.3) is 0 Å². The molecule has 2 saturated heterocycles. The standard InChI is InChI=1S/C22H35N3OS/c1-4-23-21(24-17-22(27-3)11-14-26-15-12-22)25-13-10-20(18(2)16-25)19-8-6-5-7-9-19/h5-9,18,20H,4,10-17H2,1-3H3,(H,23,24). The molecule has 0 bridgehead atoms. The van der Waals surface area contributed by atoms with Crippen molar-refractivity contribution in [1.29, 1.82) is 0 Å². The summed E-state index contributed by atoms with van der Waals surface area (Å²) in [7, 11) is 0. The first-order valence-corrected chi connectivity index (χ1v) is 11.6. The highest BCUT2D eigenvalue weighted by Gasteiger charge is 2.33. The lowest BCUT2D eigenvalue weighted by molar-refractivity contribution is 0.0793. The zero-order valence-electron chi connectivity index (χ0n) is 17.1. The number of hydrogen-bond acceptors (Lipinski definition) is 3. The van der Waals surface area contributed by atoms with E-state index in [1.165, 1.54) is 12.0 Å². The first-order chi connectivity index (χ1) is 13.2. The molecule has 2 unspecified atom stereocenters. The van der Waals surface area contributed by atoms with Crippen LogP contribution >= 0.6 is 11.8 Å². The molecule has 1 aromatic rings. The lowest BCUT2D eigenvalue weighted by atomic mass is 9.82. The van der Waals surface area contributed by atoms with Gasteiger partial charge >= 0.3 is 0 Å². The number of hydrogen-bond donors (Lipinski definition) is 1. The first kappa shape index (κ1) is 20.5. The van der Waals surface area contributed by atoms with Gasteiger partial charge in [0.05, 0.1) is 6.54 Å². The molecule has 1 N–H and O–H groups in total.